The number of rotatable bonds is 8. The summed E-state index contributed by atoms with van der Waals surface area (Å²) in [6, 6.07) is 4.53. The Balaban J connectivity index is 0.000000267. The van der Waals surface area contributed by atoms with Gasteiger partial charge in [0.15, 0.2) is 30.0 Å². The van der Waals surface area contributed by atoms with E-state index < -0.39 is 41.5 Å². The first kappa shape index (κ1) is 31.6. The molecule has 0 unspecified atom stereocenters. The van der Waals surface area contributed by atoms with Crippen LogP contribution < -0.4 is 14.8 Å². The number of hydrogen-bond donors (Lipinski definition) is 1. The third kappa shape index (κ3) is 8.80. The van der Waals surface area contributed by atoms with Crippen molar-refractivity contribution in [2.24, 2.45) is 0 Å². The molecule has 1 N–H and O–H groups in total. The minimum Gasteiger partial charge on any atom is -0.482 e. The monoisotopic (exact) mass is 611 g/mol. The highest BCUT2D eigenvalue weighted by Crippen LogP contribution is 2.35. The van der Waals surface area contributed by atoms with E-state index in [0.29, 0.717) is 47.7 Å². The Bertz CT molecular complexity index is 1360. The third-order valence-corrected chi connectivity index (χ3v) is 7.50. The number of fused-ring (bicyclic) bond motifs is 1. The summed E-state index contributed by atoms with van der Waals surface area (Å²) in [4.78, 5) is 18.8. The Labute approximate surface area is 233 Å². The van der Waals surface area contributed by atoms with Crippen molar-refractivity contribution >= 4 is 34.3 Å². The van der Waals surface area contributed by atoms with E-state index in [0.717, 1.165) is 6.92 Å². The van der Waals surface area contributed by atoms with Crippen LogP contribution in [0.1, 0.15) is 42.5 Å². The summed E-state index contributed by atoms with van der Waals surface area (Å²) in [5, 5.41) is 6.98. The second-order valence-corrected chi connectivity index (χ2v) is 11.4. The lowest BCUT2D eigenvalue weighted by Gasteiger charge is -2.37. The Morgan fingerprint density at radius 1 is 1.20 bits per heavy atom. The number of carbonyl (C=O) groups is 1. The van der Waals surface area contributed by atoms with Crippen molar-refractivity contribution < 1.29 is 40.4 Å². The number of aromatic nitrogens is 4. The van der Waals surface area contributed by atoms with Crippen molar-refractivity contribution in [3.63, 3.8) is 0 Å². The lowest BCUT2D eigenvalue weighted by molar-refractivity contribution is -0.150. The predicted molar refractivity (Wildman–Crippen MR) is 138 cm³/mol. The van der Waals surface area contributed by atoms with Gasteiger partial charge < -0.3 is 14.8 Å². The van der Waals surface area contributed by atoms with E-state index in [4.69, 9.17) is 21.1 Å². The number of ether oxygens (including phenoxy) is 2. The zero-order valence-electron chi connectivity index (χ0n) is 21.7. The Morgan fingerprint density at radius 3 is 2.45 bits per heavy atom. The number of pyridine rings is 2. The molecule has 1 aliphatic rings. The van der Waals surface area contributed by atoms with Gasteiger partial charge in [-0.3, -0.25) is 9.00 Å². The minimum absolute atomic E-state index is 0.0225. The van der Waals surface area contributed by atoms with E-state index in [1.54, 1.807) is 26.1 Å². The number of nitrogens with one attached hydrogen (secondary N) is 1. The first-order chi connectivity index (χ1) is 18.6. The molecule has 16 heteroatoms. The molecule has 0 aliphatic carbocycles. The Morgan fingerprint density at radius 2 is 1.88 bits per heavy atom. The van der Waals surface area contributed by atoms with E-state index in [-0.39, 0.29) is 22.5 Å². The van der Waals surface area contributed by atoms with Crippen molar-refractivity contribution in [3.05, 3.63) is 40.9 Å². The number of aldehydes is 1. The van der Waals surface area contributed by atoms with Gasteiger partial charge in [0.1, 0.15) is 0 Å². The van der Waals surface area contributed by atoms with Crippen LogP contribution in [0.15, 0.2) is 24.4 Å². The molecule has 9 nitrogen and oxygen atoms in total. The van der Waals surface area contributed by atoms with Crippen LogP contribution in [0.25, 0.3) is 5.65 Å². The summed E-state index contributed by atoms with van der Waals surface area (Å²) >= 11 is 5.86. The second-order valence-electron chi connectivity index (χ2n) is 9.23. The average Bonchev–Trinajstić information content (AvgIpc) is 3.31. The van der Waals surface area contributed by atoms with E-state index in [2.05, 4.69) is 20.4 Å². The summed E-state index contributed by atoms with van der Waals surface area (Å²) < 4.78 is 86.2. The van der Waals surface area contributed by atoms with Gasteiger partial charge in [-0.2, -0.15) is 13.2 Å². The highest BCUT2D eigenvalue weighted by Gasteiger charge is 2.43. The lowest BCUT2D eigenvalue weighted by atomic mass is 9.88. The highest BCUT2D eigenvalue weighted by atomic mass is 35.5. The molecule has 40 heavy (non-hydrogen) atoms. The fourth-order valence-corrected chi connectivity index (χ4v) is 5.46. The zero-order chi connectivity index (χ0) is 29.7. The maximum absolute atomic E-state index is 13.1. The molecule has 3 aromatic heterocycles. The van der Waals surface area contributed by atoms with Gasteiger partial charge >= 0.3 is 6.18 Å². The molecule has 0 bridgehead atoms. The van der Waals surface area contributed by atoms with E-state index in [1.165, 1.54) is 16.8 Å². The molecule has 0 radical (unpaired) electrons. The fraction of sp³-hybridized carbons (Fsp3) is 0.500. The molecule has 0 spiro atoms. The van der Waals surface area contributed by atoms with Crippen molar-refractivity contribution in [1.82, 2.24) is 24.9 Å². The third-order valence-electron chi connectivity index (χ3n) is 5.97. The first-order valence-electron chi connectivity index (χ1n) is 11.9. The van der Waals surface area contributed by atoms with Crippen molar-refractivity contribution in [3.8, 4) is 17.4 Å². The van der Waals surface area contributed by atoms with Gasteiger partial charge in [0, 0.05) is 47.0 Å². The molecule has 220 valence electrons. The quantitative estimate of drug-likeness (QED) is 0.275. The second kappa shape index (κ2) is 12.7. The summed E-state index contributed by atoms with van der Waals surface area (Å²) in [5.41, 5.74) is 0.112. The molecule has 3 aromatic rings. The topological polar surface area (TPSA) is 108 Å². The van der Waals surface area contributed by atoms with E-state index >= 15 is 0 Å². The van der Waals surface area contributed by atoms with Crippen LogP contribution in [0, 0.1) is 6.92 Å². The number of aryl methyl sites for hydroxylation is 1. The number of halogens is 6. The number of nitrogens with zero attached hydrogens (tertiary/aromatic N) is 4. The number of alkyl halides is 5. The molecule has 1 aliphatic heterocycles. The van der Waals surface area contributed by atoms with E-state index in [9.17, 15) is 31.0 Å². The summed E-state index contributed by atoms with van der Waals surface area (Å²) in [7, 11) is 0.618. The number of carbonyl (C=O) groups excluding carboxylic acids is 1. The van der Waals surface area contributed by atoms with Gasteiger partial charge in [-0.05, 0) is 38.9 Å². The summed E-state index contributed by atoms with van der Waals surface area (Å²) in [6.45, 7) is 1.58. The van der Waals surface area contributed by atoms with Crippen LogP contribution in [0.5, 0.6) is 17.4 Å². The normalized spacial score (nSPS) is 19.6. The Kier molecular flexibility index (Phi) is 10.1. The average molecular weight is 612 g/mol. The van der Waals surface area contributed by atoms with Crippen molar-refractivity contribution in [2.75, 3.05) is 25.2 Å². The van der Waals surface area contributed by atoms with Gasteiger partial charge in [-0.15, -0.1) is 5.10 Å². The predicted octanol–water partition coefficient (Wildman–Crippen LogP) is 5.16. The van der Waals surface area contributed by atoms with Crippen LogP contribution in [-0.4, -0.2) is 72.9 Å². The smallest absolute Gasteiger partial charge is 0.390 e. The largest absolute Gasteiger partial charge is 0.482 e. The lowest BCUT2D eigenvalue weighted by Crippen LogP contribution is -2.50. The van der Waals surface area contributed by atoms with Crippen molar-refractivity contribution in [2.45, 2.75) is 50.7 Å². The maximum Gasteiger partial charge on any atom is 0.390 e. The van der Waals surface area contributed by atoms with Crippen LogP contribution in [0.2, 0.25) is 5.02 Å². The van der Waals surface area contributed by atoms with Crippen molar-refractivity contribution in [1.29, 1.82) is 0 Å². The molecule has 0 atom stereocenters. The zero-order valence-corrected chi connectivity index (χ0v) is 23.3. The molecule has 4 rings (SSSR count). The van der Waals surface area contributed by atoms with Gasteiger partial charge in [0.25, 0.3) is 11.8 Å². The molecule has 0 saturated carbocycles. The fourth-order valence-electron chi connectivity index (χ4n) is 3.87. The highest BCUT2D eigenvalue weighted by molar-refractivity contribution is 7.85. The van der Waals surface area contributed by atoms with Gasteiger partial charge in [-0.1, -0.05) is 11.6 Å². The van der Waals surface area contributed by atoms with Crippen LogP contribution >= 0.6 is 11.6 Å². The molecule has 1 fully saturated rings. The van der Waals surface area contributed by atoms with Gasteiger partial charge in [0.05, 0.1) is 17.1 Å². The molecular weight excluding hydrogens is 585 g/mol. The SMILES string of the molecule is CNC1(CC(F)(F)F)CCS(=O)CC1.Cc1c(Oc2ncc(Cl)cc2OCC(C)(F)F)ccc2nc(C=O)nn12. The standard InChI is InChI=1S/C16H13ClF2N4O3.C8H14F3NOS/c1-9-11(3-4-14-21-13(7-24)22-23(9)14)26-15-12(5-10(17)6-20-15)25-8-16(2,18)19;1-12-7(6-8(9,10)11)2-4-14(13)5-3-7/h3-7H,8H2,1-2H3;12H,2-6H2,1H3. The molecule has 0 amide bonds. The number of hydrogen-bond acceptors (Lipinski definition) is 8. The minimum atomic E-state index is -4.15. The molecule has 1 saturated heterocycles. The summed E-state index contributed by atoms with van der Waals surface area (Å²) in [6.07, 6.45) is -2.45. The molecule has 0 aromatic carbocycles. The summed E-state index contributed by atoms with van der Waals surface area (Å²) in [5.74, 6) is -1.97. The first-order valence-corrected chi connectivity index (χ1v) is 13.8. The van der Waals surface area contributed by atoms with Gasteiger partial charge in [-0.25, -0.2) is 23.3 Å². The van der Waals surface area contributed by atoms with Crippen LogP contribution in [-0.2, 0) is 10.8 Å². The van der Waals surface area contributed by atoms with E-state index in [1.807, 2.05) is 0 Å². The molecule has 4 heterocycles. The molecular formula is C24H27ClF5N5O4S. The Hall–Kier alpha value is -2.91. The van der Waals surface area contributed by atoms with Crippen LogP contribution in [0.3, 0.4) is 0 Å². The maximum atomic E-state index is 13.1. The van der Waals surface area contributed by atoms with Gasteiger partial charge in [0.2, 0.25) is 5.82 Å². The van der Waals surface area contributed by atoms with Crippen LogP contribution in [0.4, 0.5) is 22.0 Å².